The molecule has 4 rings (SSSR count). The second-order valence-corrected chi connectivity index (χ2v) is 6.75. The fraction of sp³-hybridized carbons (Fsp3) is 0.286. The van der Waals surface area contributed by atoms with E-state index in [2.05, 4.69) is 27.5 Å². The maximum absolute atomic E-state index is 12.1. The molecule has 0 fully saturated rings. The molecule has 0 radical (unpaired) electrons. The van der Waals surface area contributed by atoms with Crippen LogP contribution in [0.2, 0.25) is 0 Å². The molecule has 1 amide bonds. The maximum Gasteiger partial charge on any atom is 0.221 e. The highest BCUT2D eigenvalue weighted by molar-refractivity contribution is 5.76. The molecule has 6 heteroatoms. The fourth-order valence-corrected chi connectivity index (χ4v) is 3.33. The number of carbonyl (C=O) groups excluding carboxylic acids is 1. The normalized spacial score (nSPS) is 15.2. The summed E-state index contributed by atoms with van der Waals surface area (Å²) in [6.45, 7) is 3.02. The van der Waals surface area contributed by atoms with Gasteiger partial charge in [0.05, 0.1) is 12.2 Å². The quantitative estimate of drug-likeness (QED) is 0.732. The summed E-state index contributed by atoms with van der Waals surface area (Å²) in [5, 5.41) is 7.27. The zero-order chi connectivity index (χ0) is 18.6. The molecule has 27 heavy (non-hydrogen) atoms. The Morgan fingerprint density at radius 1 is 1.26 bits per heavy atom. The summed E-state index contributed by atoms with van der Waals surface area (Å²) in [6, 6.07) is 12.1. The number of hydrogen-bond donors (Lipinski definition) is 1. The molecule has 6 nitrogen and oxygen atoms in total. The van der Waals surface area contributed by atoms with E-state index in [9.17, 15) is 4.79 Å². The summed E-state index contributed by atoms with van der Waals surface area (Å²) in [5.41, 5.74) is 4.28. The Bertz CT molecular complexity index is 936. The van der Waals surface area contributed by atoms with Crippen LogP contribution in [0.25, 0.3) is 11.1 Å². The van der Waals surface area contributed by atoms with Gasteiger partial charge < -0.3 is 10.1 Å². The van der Waals surface area contributed by atoms with Crippen molar-refractivity contribution in [1.29, 1.82) is 0 Å². The van der Waals surface area contributed by atoms with Crippen LogP contribution >= 0.6 is 0 Å². The van der Waals surface area contributed by atoms with Crippen LogP contribution < -0.4 is 10.1 Å². The van der Waals surface area contributed by atoms with Crippen LogP contribution in [-0.4, -0.2) is 33.3 Å². The standard InChI is InChI=1S/C21H22N4O2/c1-15-7-11-25(24-15)12-8-20(26)23-14-18-13-17-3-2-4-19(21(17)27-18)16-5-9-22-10-6-16/h2-7,9-11,18H,8,12-14H2,1H3,(H,23,26)/t18-/m1/s1. The summed E-state index contributed by atoms with van der Waals surface area (Å²) in [4.78, 5) is 16.2. The number of carbonyl (C=O) groups is 1. The predicted molar refractivity (Wildman–Crippen MR) is 102 cm³/mol. The van der Waals surface area contributed by atoms with E-state index in [0.29, 0.717) is 19.5 Å². The van der Waals surface area contributed by atoms with Crippen LogP contribution in [0.4, 0.5) is 0 Å². The molecule has 0 unspecified atom stereocenters. The van der Waals surface area contributed by atoms with Gasteiger partial charge in [-0.05, 0) is 36.2 Å². The van der Waals surface area contributed by atoms with Crippen LogP contribution in [0.1, 0.15) is 17.7 Å². The van der Waals surface area contributed by atoms with Crippen molar-refractivity contribution >= 4 is 5.91 Å². The Morgan fingerprint density at radius 2 is 2.11 bits per heavy atom. The van der Waals surface area contributed by atoms with Crippen molar-refractivity contribution in [2.75, 3.05) is 6.54 Å². The zero-order valence-electron chi connectivity index (χ0n) is 15.3. The monoisotopic (exact) mass is 362 g/mol. The summed E-state index contributed by atoms with van der Waals surface area (Å²) in [7, 11) is 0. The minimum absolute atomic E-state index is 0.0112. The van der Waals surface area contributed by atoms with Crippen molar-refractivity contribution in [3.63, 3.8) is 0 Å². The van der Waals surface area contributed by atoms with Crippen LogP contribution in [-0.2, 0) is 17.8 Å². The number of hydrogen-bond acceptors (Lipinski definition) is 4. The lowest BCUT2D eigenvalue weighted by atomic mass is 10.0. The second kappa shape index (κ2) is 7.61. The van der Waals surface area contributed by atoms with Crippen LogP contribution in [0.3, 0.4) is 0 Å². The number of aryl methyl sites for hydroxylation is 2. The van der Waals surface area contributed by atoms with E-state index in [4.69, 9.17) is 4.74 Å². The van der Waals surface area contributed by atoms with Crippen LogP contribution in [0.5, 0.6) is 5.75 Å². The molecule has 1 aliphatic rings. The first-order valence-electron chi connectivity index (χ1n) is 9.15. The largest absolute Gasteiger partial charge is 0.487 e. The molecule has 1 atom stereocenters. The molecule has 3 aromatic rings. The average molecular weight is 362 g/mol. The van der Waals surface area contributed by atoms with Gasteiger partial charge in [0.15, 0.2) is 0 Å². The van der Waals surface area contributed by atoms with E-state index in [1.165, 1.54) is 5.56 Å². The number of para-hydroxylation sites is 1. The average Bonchev–Trinajstić information content (AvgIpc) is 3.30. The number of amides is 1. The molecular weight excluding hydrogens is 340 g/mol. The minimum Gasteiger partial charge on any atom is -0.487 e. The number of nitrogens with one attached hydrogen (secondary N) is 1. The number of fused-ring (bicyclic) bond motifs is 1. The Kier molecular flexibility index (Phi) is 4.87. The van der Waals surface area contributed by atoms with Gasteiger partial charge in [0.25, 0.3) is 0 Å². The molecule has 3 heterocycles. The molecule has 0 aliphatic carbocycles. The van der Waals surface area contributed by atoms with Gasteiger partial charge in [-0.3, -0.25) is 14.5 Å². The number of benzene rings is 1. The van der Waals surface area contributed by atoms with Crippen molar-refractivity contribution in [3.8, 4) is 16.9 Å². The van der Waals surface area contributed by atoms with Gasteiger partial charge in [0, 0.05) is 43.5 Å². The van der Waals surface area contributed by atoms with Gasteiger partial charge in [-0.15, -0.1) is 0 Å². The molecule has 1 N–H and O–H groups in total. The van der Waals surface area contributed by atoms with Gasteiger partial charge in [-0.2, -0.15) is 5.10 Å². The summed E-state index contributed by atoms with van der Waals surface area (Å²) in [5.74, 6) is 0.923. The molecule has 0 saturated carbocycles. The predicted octanol–water partition coefficient (Wildman–Crippen LogP) is 2.76. The molecular formula is C21H22N4O2. The zero-order valence-corrected chi connectivity index (χ0v) is 15.3. The molecule has 138 valence electrons. The summed E-state index contributed by atoms with van der Waals surface area (Å²) < 4.78 is 7.95. The van der Waals surface area contributed by atoms with Gasteiger partial charge in [-0.25, -0.2) is 0 Å². The third-order valence-electron chi connectivity index (χ3n) is 4.69. The lowest BCUT2D eigenvalue weighted by molar-refractivity contribution is -0.121. The highest BCUT2D eigenvalue weighted by Gasteiger charge is 2.26. The van der Waals surface area contributed by atoms with Crippen molar-refractivity contribution in [2.45, 2.75) is 32.4 Å². The molecule has 0 saturated heterocycles. The fourth-order valence-electron chi connectivity index (χ4n) is 3.33. The Labute approximate surface area is 158 Å². The van der Waals surface area contributed by atoms with E-state index in [1.54, 1.807) is 17.1 Å². The van der Waals surface area contributed by atoms with Crippen molar-refractivity contribution in [2.24, 2.45) is 0 Å². The highest BCUT2D eigenvalue weighted by Crippen LogP contribution is 2.38. The summed E-state index contributed by atoms with van der Waals surface area (Å²) in [6.07, 6.45) is 6.61. The highest BCUT2D eigenvalue weighted by atomic mass is 16.5. The third-order valence-corrected chi connectivity index (χ3v) is 4.69. The number of pyridine rings is 1. The van der Waals surface area contributed by atoms with Crippen LogP contribution in [0.15, 0.2) is 55.0 Å². The Morgan fingerprint density at radius 3 is 2.89 bits per heavy atom. The van der Waals surface area contributed by atoms with E-state index >= 15 is 0 Å². The van der Waals surface area contributed by atoms with Gasteiger partial charge in [0.1, 0.15) is 11.9 Å². The number of nitrogens with zero attached hydrogens (tertiary/aromatic N) is 3. The third kappa shape index (κ3) is 4.00. The van der Waals surface area contributed by atoms with Gasteiger partial charge in [0.2, 0.25) is 5.91 Å². The molecule has 0 spiro atoms. The SMILES string of the molecule is Cc1ccn(CCC(=O)NC[C@H]2Cc3cccc(-c4ccncc4)c3O2)n1. The topological polar surface area (TPSA) is 69.0 Å². The van der Waals surface area contributed by atoms with Gasteiger partial charge in [-0.1, -0.05) is 18.2 Å². The first kappa shape index (κ1) is 17.3. The van der Waals surface area contributed by atoms with Crippen molar-refractivity contribution < 1.29 is 9.53 Å². The lowest BCUT2D eigenvalue weighted by Crippen LogP contribution is -2.34. The molecule has 1 aliphatic heterocycles. The van der Waals surface area contributed by atoms with E-state index < -0.39 is 0 Å². The second-order valence-electron chi connectivity index (χ2n) is 6.75. The van der Waals surface area contributed by atoms with Crippen LogP contribution in [0, 0.1) is 6.92 Å². The first-order chi connectivity index (χ1) is 13.2. The number of aromatic nitrogens is 3. The van der Waals surface area contributed by atoms with Crippen molar-refractivity contribution in [3.05, 3.63) is 66.2 Å². The first-order valence-corrected chi connectivity index (χ1v) is 9.15. The van der Waals surface area contributed by atoms with E-state index in [0.717, 1.165) is 29.0 Å². The van der Waals surface area contributed by atoms with E-state index in [-0.39, 0.29) is 12.0 Å². The minimum atomic E-state index is -0.0427. The smallest absolute Gasteiger partial charge is 0.221 e. The molecule has 1 aromatic carbocycles. The van der Waals surface area contributed by atoms with Gasteiger partial charge >= 0.3 is 0 Å². The van der Waals surface area contributed by atoms with Crippen molar-refractivity contribution in [1.82, 2.24) is 20.1 Å². The van der Waals surface area contributed by atoms with E-state index in [1.807, 2.05) is 37.4 Å². The molecule has 2 aromatic heterocycles. The Balaban J connectivity index is 1.33. The molecule has 0 bridgehead atoms. The maximum atomic E-state index is 12.1. The lowest BCUT2D eigenvalue weighted by Gasteiger charge is -2.13. The number of ether oxygens (including phenoxy) is 1. The number of rotatable bonds is 6. The Hall–Kier alpha value is -3.15. The summed E-state index contributed by atoms with van der Waals surface area (Å²) >= 11 is 0.